The molecule has 1 aliphatic rings. The Bertz CT molecular complexity index is 345. The van der Waals surface area contributed by atoms with Gasteiger partial charge in [-0.2, -0.15) is 0 Å². The van der Waals surface area contributed by atoms with E-state index in [0.717, 1.165) is 29.8 Å². The Morgan fingerprint density at radius 3 is 2.75 bits per heavy atom. The summed E-state index contributed by atoms with van der Waals surface area (Å²) in [5.74, 6) is 0. The number of rotatable bonds is 4. The highest BCUT2D eigenvalue weighted by Gasteiger charge is 2.22. The van der Waals surface area contributed by atoms with Crippen molar-refractivity contribution in [3.8, 4) is 0 Å². The Labute approximate surface area is 99.7 Å². The molecule has 4 heteroatoms. The number of piperidine rings is 1. The van der Waals surface area contributed by atoms with E-state index in [0.29, 0.717) is 0 Å². The maximum absolute atomic E-state index is 11.2. The van der Waals surface area contributed by atoms with Crippen molar-refractivity contribution in [1.29, 1.82) is 0 Å². The maximum atomic E-state index is 11.2. The zero-order valence-corrected chi connectivity index (χ0v) is 10.1. The number of aliphatic hydroxyl groups excluding tert-OH is 1. The summed E-state index contributed by atoms with van der Waals surface area (Å²) in [6.45, 7) is 2.08. The lowest BCUT2D eigenvalue weighted by molar-refractivity contribution is -0.113. The number of thiophene rings is 1. The van der Waals surface area contributed by atoms with E-state index in [1.54, 1.807) is 0 Å². The van der Waals surface area contributed by atoms with E-state index >= 15 is 0 Å². The number of nitrogens with zero attached hydrogens (tertiary/aromatic N) is 1. The summed E-state index contributed by atoms with van der Waals surface area (Å²) in [5.41, 5.74) is 1.03. The zero-order chi connectivity index (χ0) is 11.4. The van der Waals surface area contributed by atoms with Crippen molar-refractivity contribution in [3.63, 3.8) is 0 Å². The molecule has 3 nitrogen and oxygen atoms in total. The molecule has 0 radical (unpaired) electrons. The van der Waals surface area contributed by atoms with Gasteiger partial charge in [0.15, 0.2) is 0 Å². The lowest BCUT2D eigenvalue weighted by atomic mass is 10.1. The van der Waals surface area contributed by atoms with Gasteiger partial charge in [0.2, 0.25) is 0 Å². The van der Waals surface area contributed by atoms with E-state index in [1.807, 2.05) is 11.4 Å². The molecule has 1 N–H and O–H groups in total. The second-order valence-electron chi connectivity index (χ2n) is 4.18. The second-order valence-corrected chi connectivity index (χ2v) is 5.18. The molecule has 88 valence electrons. The minimum atomic E-state index is -0.114. The van der Waals surface area contributed by atoms with Crippen molar-refractivity contribution in [2.75, 3.05) is 13.1 Å². The van der Waals surface area contributed by atoms with Crippen LogP contribution >= 0.6 is 11.3 Å². The Hall–Kier alpha value is -0.710. The number of likely N-dealkylation sites (tertiary alicyclic amines) is 1. The fourth-order valence-corrected chi connectivity index (χ4v) is 2.98. The molecule has 0 bridgehead atoms. The van der Waals surface area contributed by atoms with E-state index in [-0.39, 0.29) is 12.6 Å². The third-order valence-corrected chi connectivity index (χ3v) is 4.02. The van der Waals surface area contributed by atoms with Crippen LogP contribution in [0.3, 0.4) is 0 Å². The van der Waals surface area contributed by atoms with Crippen LogP contribution in [0.1, 0.15) is 35.7 Å². The molecule has 0 spiro atoms. The average molecular weight is 239 g/mol. The number of aldehydes is 1. The number of carbonyl (C=O) groups is 1. The Morgan fingerprint density at radius 2 is 2.19 bits per heavy atom. The van der Waals surface area contributed by atoms with Crippen molar-refractivity contribution in [3.05, 3.63) is 21.9 Å². The van der Waals surface area contributed by atoms with E-state index in [9.17, 15) is 4.79 Å². The van der Waals surface area contributed by atoms with Gasteiger partial charge in [0.1, 0.15) is 6.29 Å². The molecular weight excluding hydrogens is 222 g/mol. The van der Waals surface area contributed by atoms with Gasteiger partial charge in [-0.15, -0.1) is 11.3 Å². The summed E-state index contributed by atoms with van der Waals surface area (Å²) in [6, 6.07) is 1.83. The molecule has 1 aromatic rings. The summed E-state index contributed by atoms with van der Waals surface area (Å²) in [6.07, 6.45) is 4.66. The van der Waals surface area contributed by atoms with Crippen molar-refractivity contribution >= 4 is 17.6 Å². The second kappa shape index (κ2) is 5.57. The molecule has 1 saturated heterocycles. The van der Waals surface area contributed by atoms with Crippen LogP contribution in [0.25, 0.3) is 0 Å². The van der Waals surface area contributed by atoms with Crippen molar-refractivity contribution in [2.45, 2.75) is 31.9 Å². The quantitative estimate of drug-likeness (QED) is 0.817. The predicted octanol–water partition coefficient (Wildman–Crippen LogP) is 1.97. The van der Waals surface area contributed by atoms with Crippen LogP contribution in [0, 0.1) is 0 Å². The number of carbonyl (C=O) groups excluding carboxylic acids is 1. The minimum Gasteiger partial charge on any atom is -0.391 e. The first-order valence-corrected chi connectivity index (χ1v) is 6.60. The smallest absolute Gasteiger partial charge is 0.141 e. The lowest BCUT2D eigenvalue weighted by Crippen LogP contribution is -2.34. The highest BCUT2D eigenvalue weighted by Crippen LogP contribution is 2.26. The number of aliphatic hydroxyl groups is 1. The molecular formula is C12H17NO2S. The van der Waals surface area contributed by atoms with Crippen LogP contribution < -0.4 is 0 Å². The minimum absolute atomic E-state index is 0.0657. The molecule has 16 heavy (non-hydrogen) atoms. The summed E-state index contributed by atoms with van der Waals surface area (Å²) >= 11 is 1.52. The molecule has 0 saturated carbocycles. The Kier molecular flexibility index (Phi) is 4.09. The van der Waals surface area contributed by atoms with Crippen molar-refractivity contribution in [1.82, 2.24) is 4.90 Å². The summed E-state index contributed by atoms with van der Waals surface area (Å²) in [7, 11) is 0. The van der Waals surface area contributed by atoms with Crippen LogP contribution in [-0.2, 0) is 11.4 Å². The molecule has 1 aromatic heterocycles. The molecule has 1 atom stereocenters. The van der Waals surface area contributed by atoms with Gasteiger partial charge in [-0.1, -0.05) is 6.42 Å². The van der Waals surface area contributed by atoms with Gasteiger partial charge in [0.25, 0.3) is 0 Å². The summed E-state index contributed by atoms with van der Waals surface area (Å²) in [5, 5.41) is 11.0. The van der Waals surface area contributed by atoms with Gasteiger partial charge in [0.05, 0.1) is 12.6 Å². The molecule has 0 aliphatic carbocycles. The van der Waals surface area contributed by atoms with Gasteiger partial charge in [-0.3, -0.25) is 4.90 Å². The number of hydrogen-bond donors (Lipinski definition) is 1. The summed E-state index contributed by atoms with van der Waals surface area (Å²) in [4.78, 5) is 14.4. The van der Waals surface area contributed by atoms with Crippen molar-refractivity contribution in [2.24, 2.45) is 0 Å². The van der Waals surface area contributed by atoms with Gasteiger partial charge in [0, 0.05) is 4.88 Å². The zero-order valence-electron chi connectivity index (χ0n) is 9.26. The highest BCUT2D eigenvalue weighted by molar-refractivity contribution is 7.10. The predicted molar refractivity (Wildman–Crippen MR) is 64.5 cm³/mol. The molecule has 2 heterocycles. The first kappa shape index (κ1) is 11.8. The fourth-order valence-electron chi connectivity index (χ4n) is 2.21. The average Bonchev–Trinajstić information content (AvgIpc) is 2.80. The first-order chi connectivity index (χ1) is 7.85. The van der Waals surface area contributed by atoms with E-state index in [1.165, 1.54) is 30.6 Å². The first-order valence-electron chi connectivity index (χ1n) is 5.72. The van der Waals surface area contributed by atoms with E-state index in [2.05, 4.69) is 4.90 Å². The maximum Gasteiger partial charge on any atom is 0.141 e. The molecule has 0 amide bonds. The number of hydrogen-bond acceptors (Lipinski definition) is 4. The third kappa shape index (κ3) is 2.51. The third-order valence-electron chi connectivity index (χ3n) is 3.08. The van der Waals surface area contributed by atoms with Crippen LogP contribution in [0.15, 0.2) is 11.4 Å². The van der Waals surface area contributed by atoms with Crippen LogP contribution in [0.5, 0.6) is 0 Å². The lowest BCUT2D eigenvalue weighted by Gasteiger charge is -2.30. The Balaban J connectivity index is 2.11. The molecule has 1 fully saturated rings. The summed E-state index contributed by atoms with van der Waals surface area (Å²) < 4.78 is 0. The monoisotopic (exact) mass is 239 g/mol. The van der Waals surface area contributed by atoms with Crippen LogP contribution in [0.2, 0.25) is 0 Å². The molecule has 0 aromatic carbocycles. The largest absolute Gasteiger partial charge is 0.391 e. The molecule has 2 rings (SSSR count). The van der Waals surface area contributed by atoms with Crippen LogP contribution in [-0.4, -0.2) is 29.4 Å². The van der Waals surface area contributed by atoms with E-state index in [4.69, 9.17) is 5.11 Å². The fraction of sp³-hybridized carbons (Fsp3) is 0.583. The van der Waals surface area contributed by atoms with Crippen molar-refractivity contribution < 1.29 is 9.90 Å². The van der Waals surface area contributed by atoms with Gasteiger partial charge < -0.3 is 9.90 Å². The van der Waals surface area contributed by atoms with Gasteiger partial charge in [-0.05, 0) is 42.9 Å². The van der Waals surface area contributed by atoms with E-state index < -0.39 is 0 Å². The van der Waals surface area contributed by atoms with Gasteiger partial charge in [-0.25, -0.2) is 0 Å². The Morgan fingerprint density at radius 1 is 1.44 bits per heavy atom. The highest BCUT2D eigenvalue weighted by atomic mass is 32.1. The topological polar surface area (TPSA) is 40.5 Å². The SMILES string of the molecule is O=CC(c1csc(CO)c1)N1CCCCC1. The molecule has 1 unspecified atom stereocenters. The molecule has 1 aliphatic heterocycles. The normalized spacial score (nSPS) is 19.6. The standard InChI is InChI=1S/C12H17NO2S/c14-7-11-6-10(9-16-11)12(8-15)13-4-2-1-3-5-13/h6,8-9,12,14H,1-5,7H2. The van der Waals surface area contributed by atoms with Gasteiger partial charge >= 0.3 is 0 Å². The van der Waals surface area contributed by atoms with Crippen LogP contribution in [0.4, 0.5) is 0 Å².